The lowest BCUT2D eigenvalue weighted by atomic mass is 10.1. The van der Waals surface area contributed by atoms with Crippen LogP contribution in [0.25, 0.3) is 10.9 Å². The van der Waals surface area contributed by atoms with Gasteiger partial charge in [-0.25, -0.2) is 9.78 Å². The number of hydrogen-bond acceptors (Lipinski definition) is 5. The highest BCUT2D eigenvalue weighted by Gasteiger charge is 2.17. The summed E-state index contributed by atoms with van der Waals surface area (Å²) in [7, 11) is 1.60. The van der Waals surface area contributed by atoms with E-state index in [4.69, 9.17) is 9.84 Å². The number of carboxylic acids is 1. The summed E-state index contributed by atoms with van der Waals surface area (Å²) >= 11 is 1.33. The summed E-state index contributed by atoms with van der Waals surface area (Å²) in [5, 5.41) is 13.1. The van der Waals surface area contributed by atoms with Crippen LogP contribution in [0.4, 0.5) is 5.69 Å². The number of ether oxygens (including phenoxy) is 1. The molecule has 0 saturated carbocycles. The minimum Gasteiger partial charge on any atom is -0.494 e. The van der Waals surface area contributed by atoms with Gasteiger partial charge in [0.05, 0.1) is 22.9 Å². The molecule has 0 aliphatic carbocycles. The zero-order valence-corrected chi connectivity index (χ0v) is 16.5. The summed E-state index contributed by atoms with van der Waals surface area (Å²) in [4.78, 5) is 28.3. The van der Waals surface area contributed by atoms with Crippen LogP contribution < -0.4 is 10.1 Å². The Bertz CT molecular complexity index is 1050. The van der Waals surface area contributed by atoms with Crippen LogP contribution in [0.15, 0.2) is 53.6 Å². The second-order valence-electron chi connectivity index (χ2n) is 6.27. The lowest BCUT2D eigenvalue weighted by Gasteiger charge is -2.14. The highest BCUT2D eigenvalue weighted by atomic mass is 32.2. The number of aromatic carboxylic acids is 1. The fourth-order valence-electron chi connectivity index (χ4n) is 2.79. The Labute approximate surface area is 166 Å². The lowest BCUT2D eigenvalue weighted by Crippen LogP contribution is -2.22. The van der Waals surface area contributed by atoms with Crippen molar-refractivity contribution < 1.29 is 19.4 Å². The Morgan fingerprint density at radius 1 is 1.18 bits per heavy atom. The largest absolute Gasteiger partial charge is 0.494 e. The van der Waals surface area contributed by atoms with E-state index in [1.54, 1.807) is 26.2 Å². The van der Waals surface area contributed by atoms with Crippen LogP contribution in [0.2, 0.25) is 0 Å². The molecule has 1 atom stereocenters. The zero-order chi connectivity index (χ0) is 20.3. The maximum atomic E-state index is 12.5. The number of aryl methyl sites for hydroxylation is 1. The molecule has 6 nitrogen and oxygen atoms in total. The molecule has 144 valence electrons. The van der Waals surface area contributed by atoms with Crippen LogP contribution in [0.1, 0.15) is 22.8 Å². The van der Waals surface area contributed by atoms with Crippen LogP contribution in [-0.2, 0) is 4.79 Å². The number of anilines is 1. The fourth-order valence-corrected chi connectivity index (χ4v) is 3.71. The number of rotatable bonds is 6. The van der Waals surface area contributed by atoms with Crippen LogP contribution >= 0.6 is 11.8 Å². The second kappa shape index (κ2) is 8.31. The van der Waals surface area contributed by atoms with Crippen molar-refractivity contribution >= 4 is 40.2 Å². The highest BCUT2D eigenvalue weighted by Crippen LogP contribution is 2.31. The molecular formula is C21H20N2O4S. The third kappa shape index (κ3) is 4.26. The number of benzene rings is 2. The number of carbonyl (C=O) groups excluding carboxylic acids is 1. The summed E-state index contributed by atoms with van der Waals surface area (Å²) in [5.41, 5.74) is 2.38. The molecule has 1 amide bonds. The molecule has 0 bridgehead atoms. The average molecular weight is 396 g/mol. The molecule has 0 aliphatic heterocycles. The lowest BCUT2D eigenvalue weighted by molar-refractivity contribution is -0.115. The first-order chi connectivity index (χ1) is 13.4. The Balaban J connectivity index is 1.78. The van der Waals surface area contributed by atoms with Crippen LogP contribution in [-0.4, -0.2) is 34.3 Å². The molecule has 1 aromatic heterocycles. The number of aromatic nitrogens is 1. The van der Waals surface area contributed by atoms with Crippen molar-refractivity contribution in [2.24, 2.45) is 0 Å². The number of fused-ring (bicyclic) bond motifs is 1. The third-order valence-corrected chi connectivity index (χ3v) is 5.27. The van der Waals surface area contributed by atoms with Gasteiger partial charge in [0, 0.05) is 11.1 Å². The summed E-state index contributed by atoms with van der Waals surface area (Å²) < 4.78 is 5.40. The van der Waals surface area contributed by atoms with Gasteiger partial charge in [-0.1, -0.05) is 30.0 Å². The average Bonchev–Trinajstić information content (AvgIpc) is 2.67. The van der Waals surface area contributed by atoms with Crippen LogP contribution in [0, 0.1) is 6.92 Å². The zero-order valence-electron chi connectivity index (χ0n) is 15.7. The molecule has 0 saturated heterocycles. The molecular weight excluding hydrogens is 376 g/mol. The van der Waals surface area contributed by atoms with E-state index in [0.29, 0.717) is 11.4 Å². The first-order valence-electron chi connectivity index (χ1n) is 8.64. The van der Waals surface area contributed by atoms with Crippen molar-refractivity contribution in [3.63, 3.8) is 0 Å². The number of nitrogens with zero attached hydrogens (tertiary/aromatic N) is 1. The van der Waals surface area contributed by atoms with Crippen LogP contribution in [0.3, 0.4) is 0 Å². The van der Waals surface area contributed by atoms with E-state index in [-0.39, 0.29) is 11.5 Å². The van der Waals surface area contributed by atoms with E-state index in [1.165, 1.54) is 23.9 Å². The SMILES string of the molecule is COc1cccc2c(C)cc(SC(C)C(=O)Nc3cccc(C(=O)O)c3)nc12. The molecule has 3 aromatic rings. The first kappa shape index (κ1) is 19.7. The summed E-state index contributed by atoms with van der Waals surface area (Å²) in [6.07, 6.45) is 0. The molecule has 3 rings (SSSR count). The normalized spacial score (nSPS) is 11.8. The van der Waals surface area contributed by atoms with E-state index in [2.05, 4.69) is 10.3 Å². The molecule has 28 heavy (non-hydrogen) atoms. The van der Waals surface area contributed by atoms with Gasteiger partial charge in [0.25, 0.3) is 0 Å². The minimum atomic E-state index is -1.04. The van der Waals surface area contributed by atoms with Crippen LogP contribution in [0.5, 0.6) is 5.75 Å². The van der Waals surface area contributed by atoms with Gasteiger partial charge in [-0.15, -0.1) is 0 Å². The van der Waals surface area contributed by atoms with Crippen molar-refractivity contribution in [1.82, 2.24) is 4.98 Å². The van der Waals surface area contributed by atoms with Crippen molar-refractivity contribution in [1.29, 1.82) is 0 Å². The maximum Gasteiger partial charge on any atom is 0.335 e. The predicted molar refractivity (Wildman–Crippen MR) is 110 cm³/mol. The molecule has 2 N–H and O–H groups in total. The van der Waals surface area contributed by atoms with Crippen molar-refractivity contribution in [2.45, 2.75) is 24.1 Å². The van der Waals surface area contributed by atoms with E-state index >= 15 is 0 Å². The third-order valence-electron chi connectivity index (χ3n) is 4.25. The molecule has 2 aromatic carbocycles. The van der Waals surface area contributed by atoms with Gasteiger partial charge >= 0.3 is 5.97 Å². The van der Waals surface area contributed by atoms with E-state index in [0.717, 1.165) is 21.5 Å². The number of thioether (sulfide) groups is 1. The smallest absolute Gasteiger partial charge is 0.335 e. The highest BCUT2D eigenvalue weighted by molar-refractivity contribution is 8.00. The monoisotopic (exact) mass is 396 g/mol. The number of nitrogens with one attached hydrogen (secondary N) is 1. The van der Waals surface area contributed by atoms with Crippen molar-refractivity contribution in [3.05, 3.63) is 59.7 Å². The Kier molecular flexibility index (Phi) is 5.84. The van der Waals surface area contributed by atoms with Gasteiger partial charge in [-0.3, -0.25) is 4.79 Å². The Morgan fingerprint density at radius 2 is 1.93 bits per heavy atom. The molecule has 1 unspecified atom stereocenters. The summed E-state index contributed by atoms with van der Waals surface area (Å²) in [5.74, 6) is -0.582. The molecule has 0 spiro atoms. The fraction of sp³-hybridized carbons (Fsp3) is 0.190. The van der Waals surface area contributed by atoms with Gasteiger partial charge in [-0.05, 0) is 49.7 Å². The number of amides is 1. The maximum absolute atomic E-state index is 12.5. The molecule has 0 fully saturated rings. The van der Waals surface area contributed by atoms with Gasteiger partial charge < -0.3 is 15.2 Å². The number of methoxy groups -OCH3 is 1. The molecule has 0 radical (unpaired) electrons. The minimum absolute atomic E-state index is 0.122. The van der Waals surface area contributed by atoms with Crippen molar-refractivity contribution in [3.8, 4) is 5.75 Å². The topological polar surface area (TPSA) is 88.5 Å². The van der Waals surface area contributed by atoms with Gasteiger partial charge in [0.2, 0.25) is 5.91 Å². The van der Waals surface area contributed by atoms with Crippen molar-refractivity contribution in [2.75, 3.05) is 12.4 Å². The number of carboxylic acid groups (broad SMARTS) is 1. The summed E-state index contributed by atoms with van der Waals surface area (Å²) in [6, 6.07) is 13.9. The summed E-state index contributed by atoms with van der Waals surface area (Å²) in [6.45, 7) is 3.78. The number of pyridine rings is 1. The number of carbonyl (C=O) groups is 2. The second-order valence-corrected chi connectivity index (χ2v) is 7.63. The van der Waals surface area contributed by atoms with E-state index in [9.17, 15) is 9.59 Å². The molecule has 7 heteroatoms. The predicted octanol–water partition coefficient (Wildman–Crippen LogP) is 4.37. The standard InChI is InChI=1S/C21H20N2O4S/c1-12-10-18(23-19-16(12)8-5-9-17(19)27-3)28-13(2)20(24)22-15-7-4-6-14(11-15)21(25)26/h4-11,13H,1-3H3,(H,22,24)(H,25,26). The van der Waals surface area contributed by atoms with E-state index < -0.39 is 11.2 Å². The molecule has 1 heterocycles. The molecule has 0 aliphatic rings. The number of hydrogen-bond donors (Lipinski definition) is 2. The van der Waals surface area contributed by atoms with E-state index in [1.807, 2.05) is 31.2 Å². The first-order valence-corrected chi connectivity index (χ1v) is 9.52. The number of para-hydroxylation sites is 1. The quantitative estimate of drug-likeness (QED) is 0.602. The van der Waals surface area contributed by atoms with Gasteiger partial charge in [0.1, 0.15) is 11.3 Å². The Hall–Kier alpha value is -3.06. The van der Waals surface area contributed by atoms with Gasteiger partial charge in [0.15, 0.2) is 0 Å². The van der Waals surface area contributed by atoms with Gasteiger partial charge in [-0.2, -0.15) is 0 Å². The Morgan fingerprint density at radius 3 is 2.64 bits per heavy atom.